The van der Waals surface area contributed by atoms with Crippen LogP contribution in [0.25, 0.3) is 0 Å². The lowest BCUT2D eigenvalue weighted by Gasteiger charge is -2.27. The molecule has 0 bridgehead atoms. The molecule has 0 atom stereocenters. The maximum absolute atomic E-state index is 12.5. The zero-order chi connectivity index (χ0) is 18.4. The molecule has 2 aliphatic rings. The first-order valence-corrected chi connectivity index (χ1v) is 11.2. The molecule has 1 saturated heterocycles. The first kappa shape index (κ1) is 19.3. The molecular formula is C19H29N3O3S. The number of piperazine rings is 1. The van der Waals surface area contributed by atoms with Crippen molar-refractivity contribution < 1.29 is 13.2 Å². The molecular weight excluding hydrogens is 350 g/mol. The third-order valence-corrected chi connectivity index (χ3v) is 6.92. The standard InChI is InChI=1S/C19H29N3O3S/c23-19(21-8-2-11-22-12-9-20-10-13-22)7-14-26(24,25)18-6-5-16-3-1-4-17(16)15-18/h5-6,15,20H,1-4,7-14H2,(H,21,23). The van der Waals surface area contributed by atoms with Crippen LogP contribution in [-0.2, 0) is 27.5 Å². The van der Waals surface area contributed by atoms with Crippen molar-refractivity contribution in [2.45, 2.75) is 37.0 Å². The van der Waals surface area contributed by atoms with E-state index in [2.05, 4.69) is 15.5 Å². The summed E-state index contributed by atoms with van der Waals surface area (Å²) in [4.78, 5) is 14.7. The third-order valence-electron chi connectivity index (χ3n) is 5.21. The minimum absolute atomic E-state index is 0.0209. The first-order chi connectivity index (χ1) is 12.5. The van der Waals surface area contributed by atoms with E-state index in [1.165, 1.54) is 5.56 Å². The number of rotatable bonds is 8. The lowest BCUT2D eigenvalue weighted by atomic mass is 10.1. The van der Waals surface area contributed by atoms with Crippen LogP contribution >= 0.6 is 0 Å². The van der Waals surface area contributed by atoms with Gasteiger partial charge in [0.25, 0.3) is 0 Å². The minimum Gasteiger partial charge on any atom is -0.356 e. The third kappa shape index (κ3) is 5.28. The van der Waals surface area contributed by atoms with Crippen molar-refractivity contribution in [1.29, 1.82) is 0 Å². The van der Waals surface area contributed by atoms with Crippen LogP contribution in [0, 0.1) is 0 Å². The Labute approximate surface area is 156 Å². The monoisotopic (exact) mass is 379 g/mol. The zero-order valence-electron chi connectivity index (χ0n) is 15.3. The fraction of sp³-hybridized carbons (Fsp3) is 0.632. The lowest BCUT2D eigenvalue weighted by molar-refractivity contribution is -0.120. The fourth-order valence-electron chi connectivity index (χ4n) is 3.64. The maximum atomic E-state index is 12.5. The van der Waals surface area contributed by atoms with E-state index < -0.39 is 9.84 Å². The van der Waals surface area contributed by atoms with Gasteiger partial charge in [0.05, 0.1) is 10.6 Å². The maximum Gasteiger partial charge on any atom is 0.221 e. The largest absolute Gasteiger partial charge is 0.356 e. The summed E-state index contributed by atoms with van der Waals surface area (Å²) in [5.74, 6) is -0.315. The van der Waals surface area contributed by atoms with E-state index >= 15 is 0 Å². The predicted octanol–water partition coefficient (Wildman–Crippen LogP) is 0.751. The Morgan fingerprint density at radius 1 is 1.15 bits per heavy atom. The van der Waals surface area contributed by atoms with Gasteiger partial charge >= 0.3 is 0 Å². The number of aryl methyl sites for hydroxylation is 2. The highest BCUT2D eigenvalue weighted by Gasteiger charge is 2.19. The van der Waals surface area contributed by atoms with Gasteiger partial charge in [-0.3, -0.25) is 4.79 Å². The number of hydrogen-bond acceptors (Lipinski definition) is 5. The van der Waals surface area contributed by atoms with Gasteiger partial charge in [-0.1, -0.05) is 6.07 Å². The smallest absolute Gasteiger partial charge is 0.221 e. The van der Waals surface area contributed by atoms with E-state index in [9.17, 15) is 13.2 Å². The van der Waals surface area contributed by atoms with Crippen LogP contribution < -0.4 is 10.6 Å². The van der Waals surface area contributed by atoms with E-state index in [0.717, 1.165) is 64.0 Å². The van der Waals surface area contributed by atoms with Gasteiger partial charge in [0.1, 0.15) is 0 Å². The summed E-state index contributed by atoms with van der Waals surface area (Å²) in [5, 5.41) is 6.16. The molecule has 0 spiro atoms. The van der Waals surface area contributed by atoms with Gasteiger partial charge in [0.15, 0.2) is 9.84 Å². The highest BCUT2D eigenvalue weighted by Crippen LogP contribution is 2.25. The second kappa shape index (κ2) is 8.97. The van der Waals surface area contributed by atoms with Gasteiger partial charge in [-0.15, -0.1) is 0 Å². The van der Waals surface area contributed by atoms with Crippen molar-refractivity contribution in [3.05, 3.63) is 29.3 Å². The normalized spacial score (nSPS) is 17.8. The van der Waals surface area contributed by atoms with Crippen molar-refractivity contribution in [2.24, 2.45) is 0 Å². The molecule has 1 aromatic carbocycles. The van der Waals surface area contributed by atoms with Gasteiger partial charge in [-0.2, -0.15) is 0 Å². The Hall–Kier alpha value is -1.44. The Morgan fingerprint density at radius 3 is 2.73 bits per heavy atom. The predicted molar refractivity (Wildman–Crippen MR) is 102 cm³/mol. The highest BCUT2D eigenvalue weighted by molar-refractivity contribution is 7.91. The van der Waals surface area contributed by atoms with E-state index in [4.69, 9.17) is 0 Å². The van der Waals surface area contributed by atoms with Gasteiger partial charge in [0.2, 0.25) is 5.91 Å². The summed E-state index contributed by atoms with van der Waals surface area (Å²) in [5.41, 5.74) is 2.40. The zero-order valence-corrected chi connectivity index (χ0v) is 16.1. The number of amides is 1. The second-order valence-electron chi connectivity index (χ2n) is 7.15. The number of benzene rings is 1. The Morgan fingerprint density at radius 2 is 1.92 bits per heavy atom. The topological polar surface area (TPSA) is 78.5 Å². The fourth-order valence-corrected chi connectivity index (χ4v) is 4.93. The molecule has 7 heteroatoms. The molecule has 0 aromatic heterocycles. The summed E-state index contributed by atoms with van der Waals surface area (Å²) in [6.07, 6.45) is 3.99. The van der Waals surface area contributed by atoms with Crippen LogP contribution in [0.5, 0.6) is 0 Å². The van der Waals surface area contributed by atoms with E-state index in [-0.39, 0.29) is 18.1 Å². The van der Waals surface area contributed by atoms with Crippen LogP contribution in [-0.4, -0.2) is 64.2 Å². The number of nitrogens with zero attached hydrogens (tertiary/aromatic N) is 1. The summed E-state index contributed by atoms with van der Waals surface area (Å²) < 4.78 is 25.0. The first-order valence-electron chi connectivity index (χ1n) is 9.59. The molecule has 144 valence electrons. The van der Waals surface area contributed by atoms with E-state index in [0.29, 0.717) is 11.4 Å². The van der Waals surface area contributed by atoms with Gasteiger partial charge in [-0.25, -0.2) is 8.42 Å². The average Bonchev–Trinajstić information content (AvgIpc) is 3.12. The number of carbonyl (C=O) groups is 1. The minimum atomic E-state index is -3.40. The van der Waals surface area contributed by atoms with Crippen molar-refractivity contribution in [3.8, 4) is 0 Å². The molecule has 0 saturated carbocycles. The molecule has 1 aliphatic carbocycles. The van der Waals surface area contributed by atoms with Crippen LogP contribution in [0.15, 0.2) is 23.1 Å². The molecule has 1 aromatic rings. The molecule has 0 unspecified atom stereocenters. The Bertz CT molecular complexity index is 728. The van der Waals surface area contributed by atoms with E-state index in [1.54, 1.807) is 12.1 Å². The number of nitrogens with one attached hydrogen (secondary N) is 2. The second-order valence-corrected chi connectivity index (χ2v) is 9.26. The molecule has 2 N–H and O–H groups in total. The van der Waals surface area contributed by atoms with Gasteiger partial charge in [-0.05, 0) is 55.5 Å². The number of hydrogen-bond donors (Lipinski definition) is 2. The molecule has 26 heavy (non-hydrogen) atoms. The molecule has 1 aliphatic heterocycles. The van der Waals surface area contributed by atoms with Crippen LogP contribution in [0.4, 0.5) is 0 Å². The number of carbonyl (C=O) groups excluding carboxylic acids is 1. The summed E-state index contributed by atoms with van der Waals surface area (Å²) in [6, 6.07) is 5.40. The van der Waals surface area contributed by atoms with Crippen molar-refractivity contribution >= 4 is 15.7 Å². The SMILES string of the molecule is O=C(CCS(=O)(=O)c1ccc2c(c1)CCC2)NCCCN1CCNCC1. The molecule has 1 heterocycles. The molecule has 6 nitrogen and oxygen atoms in total. The number of sulfone groups is 1. The Balaban J connectivity index is 1.39. The highest BCUT2D eigenvalue weighted by atomic mass is 32.2. The van der Waals surface area contributed by atoms with Crippen molar-refractivity contribution in [1.82, 2.24) is 15.5 Å². The quantitative estimate of drug-likeness (QED) is 0.652. The molecule has 1 amide bonds. The average molecular weight is 380 g/mol. The van der Waals surface area contributed by atoms with Crippen LogP contribution in [0.2, 0.25) is 0 Å². The Kier molecular flexibility index (Phi) is 6.67. The molecule has 1 fully saturated rings. The van der Waals surface area contributed by atoms with Gasteiger partial charge < -0.3 is 15.5 Å². The van der Waals surface area contributed by atoms with E-state index in [1.807, 2.05) is 6.07 Å². The van der Waals surface area contributed by atoms with Crippen LogP contribution in [0.3, 0.4) is 0 Å². The summed E-state index contributed by atoms with van der Waals surface area (Å²) in [6.45, 7) is 5.71. The molecule has 3 rings (SSSR count). The van der Waals surface area contributed by atoms with Crippen molar-refractivity contribution in [3.63, 3.8) is 0 Å². The van der Waals surface area contributed by atoms with Crippen LogP contribution in [0.1, 0.15) is 30.4 Å². The van der Waals surface area contributed by atoms with Gasteiger partial charge in [0, 0.05) is 39.1 Å². The number of fused-ring (bicyclic) bond motifs is 1. The lowest BCUT2D eigenvalue weighted by Crippen LogP contribution is -2.44. The van der Waals surface area contributed by atoms with Crippen molar-refractivity contribution in [2.75, 3.05) is 45.0 Å². The summed E-state index contributed by atoms with van der Waals surface area (Å²) >= 11 is 0. The summed E-state index contributed by atoms with van der Waals surface area (Å²) in [7, 11) is -3.40. The molecule has 0 radical (unpaired) electrons.